The summed E-state index contributed by atoms with van der Waals surface area (Å²) in [5, 5.41) is 0. The van der Waals surface area contributed by atoms with Gasteiger partial charge in [0.15, 0.2) is 0 Å². The zero-order valence-corrected chi connectivity index (χ0v) is 21.3. The molecule has 5 atom stereocenters. The molecule has 0 amide bonds. The van der Waals surface area contributed by atoms with Gasteiger partial charge in [-0.25, -0.2) is 0 Å². The van der Waals surface area contributed by atoms with Crippen LogP contribution in [0.25, 0.3) is 0 Å². The van der Waals surface area contributed by atoms with Crippen LogP contribution in [0, 0.1) is 17.8 Å². The Balaban J connectivity index is 5.03. The van der Waals surface area contributed by atoms with E-state index in [0.717, 1.165) is 18.8 Å². The molecule has 0 saturated carbocycles. The summed E-state index contributed by atoms with van der Waals surface area (Å²) < 4.78 is 0. The second kappa shape index (κ2) is 20.6. The van der Waals surface area contributed by atoms with Crippen LogP contribution in [0.5, 0.6) is 0 Å². The summed E-state index contributed by atoms with van der Waals surface area (Å²) in [6.45, 7) is 13.4. The molecule has 2 heteroatoms. The van der Waals surface area contributed by atoms with Gasteiger partial charge in [-0.1, -0.05) is 124 Å². The molecule has 0 aliphatic rings. The monoisotopic (exact) mass is 422 g/mol. The first-order valence-electron chi connectivity index (χ1n) is 13.7. The SMILES string of the molecule is C=CC(C(N)CCCCCC)C(CC(CC)CCCCCC)C(N)CCCCCC. The average molecular weight is 423 g/mol. The maximum Gasteiger partial charge on any atom is 0.0105 e. The van der Waals surface area contributed by atoms with Gasteiger partial charge in [0.25, 0.3) is 0 Å². The fraction of sp³-hybridized carbons (Fsp3) is 0.929. The molecule has 0 radical (unpaired) electrons. The molecule has 0 aliphatic carbocycles. The minimum atomic E-state index is 0.212. The van der Waals surface area contributed by atoms with Crippen molar-refractivity contribution in [2.75, 3.05) is 0 Å². The number of nitrogens with two attached hydrogens (primary N) is 2. The van der Waals surface area contributed by atoms with Crippen LogP contribution in [-0.2, 0) is 0 Å². The van der Waals surface area contributed by atoms with Gasteiger partial charge >= 0.3 is 0 Å². The van der Waals surface area contributed by atoms with Crippen molar-refractivity contribution in [1.82, 2.24) is 0 Å². The van der Waals surface area contributed by atoms with Crippen LogP contribution in [0.4, 0.5) is 0 Å². The molecule has 0 rings (SSSR count). The summed E-state index contributed by atoms with van der Waals surface area (Å²) in [4.78, 5) is 0. The quantitative estimate of drug-likeness (QED) is 0.136. The van der Waals surface area contributed by atoms with E-state index in [-0.39, 0.29) is 12.1 Å². The third kappa shape index (κ3) is 13.9. The van der Waals surface area contributed by atoms with Crippen molar-refractivity contribution in [3.8, 4) is 0 Å². The van der Waals surface area contributed by atoms with Crippen molar-refractivity contribution in [3.63, 3.8) is 0 Å². The standard InChI is InChI=1S/C28H58N2/c1-6-11-14-17-20-24(9-4)23-26(28(30)22-19-16-13-8-3)25(10-5)27(29)21-18-15-12-7-2/h10,24-28H,5-9,11-23,29-30H2,1-4H3. The lowest BCUT2D eigenvalue weighted by atomic mass is 9.73. The first-order chi connectivity index (χ1) is 14.5. The lowest BCUT2D eigenvalue weighted by Crippen LogP contribution is -2.43. The predicted molar refractivity (Wildman–Crippen MR) is 138 cm³/mol. The molecule has 0 fully saturated rings. The van der Waals surface area contributed by atoms with Crippen molar-refractivity contribution >= 4 is 0 Å². The Morgan fingerprint density at radius 3 is 1.53 bits per heavy atom. The molecule has 0 aliphatic heterocycles. The van der Waals surface area contributed by atoms with Crippen LogP contribution in [0.1, 0.15) is 137 Å². The highest BCUT2D eigenvalue weighted by Crippen LogP contribution is 2.33. The van der Waals surface area contributed by atoms with Gasteiger partial charge < -0.3 is 11.5 Å². The minimum Gasteiger partial charge on any atom is -0.327 e. The molecule has 0 bridgehead atoms. The fourth-order valence-corrected chi connectivity index (χ4v) is 5.04. The molecule has 0 aromatic carbocycles. The molecular weight excluding hydrogens is 364 g/mol. The van der Waals surface area contributed by atoms with E-state index >= 15 is 0 Å². The predicted octanol–water partition coefficient (Wildman–Crippen LogP) is 8.39. The summed E-state index contributed by atoms with van der Waals surface area (Å²) in [7, 11) is 0. The largest absolute Gasteiger partial charge is 0.327 e. The molecule has 0 aromatic heterocycles. The molecule has 4 N–H and O–H groups in total. The Hall–Kier alpha value is -0.340. The van der Waals surface area contributed by atoms with Crippen LogP contribution in [0.3, 0.4) is 0 Å². The Morgan fingerprint density at radius 2 is 1.10 bits per heavy atom. The van der Waals surface area contributed by atoms with Gasteiger partial charge in [0.2, 0.25) is 0 Å². The third-order valence-corrected chi connectivity index (χ3v) is 7.24. The summed E-state index contributed by atoms with van der Waals surface area (Å²) >= 11 is 0. The smallest absolute Gasteiger partial charge is 0.0105 e. The fourth-order valence-electron chi connectivity index (χ4n) is 5.04. The number of unbranched alkanes of at least 4 members (excludes halogenated alkanes) is 9. The maximum atomic E-state index is 6.87. The van der Waals surface area contributed by atoms with Gasteiger partial charge in [0, 0.05) is 12.1 Å². The van der Waals surface area contributed by atoms with Crippen molar-refractivity contribution in [3.05, 3.63) is 12.7 Å². The van der Waals surface area contributed by atoms with Crippen molar-refractivity contribution in [2.45, 2.75) is 149 Å². The van der Waals surface area contributed by atoms with Gasteiger partial charge in [0.05, 0.1) is 0 Å². The van der Waals surface area contributed by atoms with E-state index in [1.165, 1.54) is 96.3 Å². The molecule has 5 unspecified atom stereocenters. The highest BCUT2D eigenvalue weighted by Gasteiger charge is 2.31. The molecule has 0 saturated heterocycles. The second-order valence-corrected chi connectivity index (χ2v) is 9.86. The molecule has 0 heterocycles. The van der Waals surface area contributed by atoms with Crippen LogP contribution >= 0.6 is 0 Å². The van der Waals surface area contributed by atoms with E-state index in [1.807, 2.05) is 0 Å². The van der Waals surface area contributed by atoms with Crippen molar-refractivity contribution < 1.29 is 0 Å². The minimum absolute atomic E-state index is 0.212. The Kier molecular flexibility index (Phi) is 20.3. The Bertz CT molecular complexity index is 368. The Labute approximate surface area is 191 Å². The summed E-state index contributed by atoms with van der Waals surface area (Å²) in [6, 6.07) is 0.472. The highest BCUT2D eigenvalue weighted by molar-refractivity contribution is 4.96. The van der Waals surface area contributed by atoms with Gasteiger partial charge in [-0.05, 0) is 37.0 Å². The zero-order chi connectivity index (χ0) is 22.6. The van der Waals surface area contributed by atoms with E-state index in [2.05, 4.69) is 40.3 Å². The summed E-state index contributed by atoms with van der Waals surface area (Å²) in [5.41, 5.74) is 13.6. The van der Waals surface area contributed by atoms with Gasteiger partial charge in [-0.15, -0.1) is 6.58 Å². The highest BCUT2D eigenvalue weighted by atomic mass is 14.7. The van der Waals surface area contributed by atoms with E-state index < -0.39 is 0 Å². The van der Waals surface area contributed by atoms with E-state index in [1.54, 1.807) is 0 Å². The zero-order valence-electron chi connectivity index (χ0n) is 21.3. The molecule has 180 valence electrons. The average Bonchev–Trinajstić information content (AvgIpc) is 2.75. The number of hydrogen-bond acceptors (Lipinski definition) is 2. The normalized spacial score (nSPS) is 16.7. The molecule has 30 heavy (non-hydrogen) atoms. The lowest BCUT2D eigenvalue weighted by Gasteiger charge is -2.36. The van der Waals surface area contributed by atoms with Crippen LogP contribution in [0.15, 0.2) is 12.7 Å². The van der Waals surface area contributed by atoms with Crippen LogP contribution in [-0.4, -0.2) is 12.1 Å². The van der Waals surface area contributed by atoms with Gasteiger partial charge in [0.1, 0.15) is 0 Å². The topological polar surface area (TPSA) is 52.0 Å². The van der Waals surface area contributed by atoms with Crippen LogP contribution in [0.2, 0.25) is 0 Å². The number of hydrogen-bond donors (Lipinski definition) is 2. The third-order valence-electron chi connectivity index (χ3n) is 7.24. The molecular formula is C28H58N2. The van der Waals surface area contributed by atoms with Crippen molar-refractivity contribution in [2.24, 2.45) is 29.2 Å². The van der Waals surface area contributed by atoms with E-state index in [4.69, 9.17) is 11.5 Å². The van der Waals surface area contributed by atoms with Gasteiger partial charge in [-0.3, -0.25) is 0 Å². The van der Waals surface area contributed by atoms with E-state index in [0.29, 0.717) is 11.8 Å². The van der Waals surface area contributed by atoms with Crippen LogP contribution < -0.4 is 11.5 Å². The van der Waals surface area contributed by atoms with E-state index in [9.17, 15) is 0 Å². The lowest BCUT2D eigenvalue weighted by molar-refractivity contribution is 0.208. The molecule has 0 spiro atoms. The second-order valence-electron chi connectivity index (χ2n) is 9.86. The maximum absolute atomic E-state index is 6.87. The molecule has 2 nitrogen and oxygen atoms in total. The van der Waals surface area contributed by atoms with Gasteiger partial charge in [-0.2, -0.15) is 0 Å². The first kappa shape index (κ1) is 29.7. The molecule has 0 aromatic rings. The number of rotatable bonds is 22. The summed E-state index contributed by atoms with van der Waals surface area (Å²) in [5.74, 6) is 1.63. The Morgan fingerprint density at radius 1 is 0.633 bits per heavy atom. The van der Waals surface area contributed by atoms with Crippen molar-refractivity contribution in [1.29, 1.82) is 0 Å². The first-order valence-corrected chi connectivity index (χ1v) is 13.7. The summed E-state index contributed by atoms with van der Waals surface area (Å²) in [6.07, 6.45) is 24.0.